The first-order valence-electron chi connectivity index (χ1n) is 7.78. The summed E-state index contributed by atoms with van der Waals surface area (Å²) in [6, 6.07) is 0.382. The minimum absolute atomic E-state index is 0.382. The zero-order chi connectivity index (χ0) is 14.7. The van der Waals surface area contributed by atoms with Crippen molar-refractivity contribution in [3.8, 4) is 0 Å². The molecule has 1 fully saturated rings. The quantitative estimate of drug-likeness (QED) is 0.675. The third-order valence-electron chi connectivity index (χ3n) is 3.25. The van der Waals surface area contributed by atoms with E-state index in [0.29, 0.717) is 6.04 Å². The molecule has 2 aliphatic rings. The molecular formula is C18H31N. The summed E-state index contributed by atoms with van der Waals surface area (Å²) in [6.07, 6.45) is 12.5. The Labute approximate surface area is 120 Å². The molecule has 1 unspecified atom stereocenters. The van der Waals surface area contributed by atoms with E-state index >= 15 is 0 Å². The van der Waals surface area contributed by atoms with Gasteiger partial charge in [-0.25, -0.2) is 0 Å². The molecule has 1 heterocycles. The van der Waals surface area contributed by atoms with Crippen LogP contribution in [0.5, 0.6) is 0 Å². The molecule has 0 amide bonds. The van der Waals surface area contributed by atoms with Crippen molar-refractivity contribution in [3.63, 3.8) is 0 Å². The van der Waals surface area contributed by atoms with Crippen molar-refractivity contribution in [2.45, 2.75) is 59.9 Å². The number of hydrogen-bond donors (Lipinski definition) is 1. The highest BCUT2D eigenvalue weighted by atomic mass is 14.9. The fourth-order valence-electron chi connectivity index (χ4n) is 2.46. The maximum atomic E-state index is 3.89. The van der Waals surface area contributed by atoms with Gasteiger partial charge in [-0.1, -0.05) is 58.6 Å². The van der Waals surface area contributed by atoms with E-state index in [2.05, 4.69) is 37.0 Å². The van der Waals surface area contributed by atoms with E-state index in [-0.39, 0.29) is 0 Å². The van der Waals surface area contributed by atoms with Gasteiger partial charge in [0.1, 0.15) is 0 Å². The Kier molecular flexibility index (Phi) is 10.2. The summed E-state index contributed by atoms with van der Waals surface area (Å²) in [4.78, 5) is 0. The van der Waals surface area contributed by atoms with Crippen LogP contribution in [0, 0.1) is 0 Å². The number of rotatable bonds is 2. The van der Waals surface area contributed by atoms with Crippen molar-refractivity contribution in [2.24, 2.45) is 0 Å². The molecule has 0 aromatic heterocycles. The molecule has 0 spiro atoms. The van der Waals surface area contributed by atoms with E-state index in [1.807, 2.05) is 33.8 Å². The van der Waals surface area contributed by atoms with Gasteiger partial charge >= 0.3 is 0 Å². The molecule has 1 saturated heterocycles. The first-order valence-corrected chi connectivity index (χ1v) is 7.78. The minimum Gasteiger partial charge on any atom is -0.306 e. The number of nitrogens with one attached hydrogen (secondary N) is 1. The van der Waals surface area contributed by atoms with Gasteiger partial charge in [-0.15, -0.1) is 0 Å². The summed E-state index contributed by atoms with van der Waals surface area (Å²) in [5.41, 5.74) is 4.33. The van der Waals surface area contributed by atoms with E-state index < -0.39 is 0 Å². The molecule has 19 heavy (non-hydrogen) atoms. The molecule has 1 atom stereocenters. The van der Waals surface area contributed by atoms with Gasteiger partial charge in [0.25, 0.3) is 0 Å². The zero-order valence-electron chi connectivity index (χ0n) is 13.4. The Morgan fingerprint density at radius 3 is 2.42 bits per heavy atom. The van der Waals surface area contributed by atoms with Crippen LogP contribution in [-0.4, -0.2) is 12.6 Å². The Balaban J connectivity index is 0.000000741. The van der Waals surface area contributed by atoms with Crippen LogP contribution < -0.4 is 5.32 Å². The molecule has 2 rings (SSSR count). The molecule has 0 radical (unpaired) electrons. The summed E-state index contributed by atoms with van der Waals surface area (Å²) < 4.78 is 0. The van der Waals surface area contributed by atoms with Crippen molar-refractivity contribution in [1.29, 1.82) is 0 Å². The first-order chi connectivity index (χ1) is 9.36. The van der Waals surface area contributed by atoms with Gasteiger partial charge in [-0.2, -0.15) is 0 Å². The Hall–Kier alpha value is -1.08. The standard InChI is InChI=1S/C14H19N.2C2H6/c1-3-11(4-2)14-13-8-6-5-7-12(13)9-10-15-14;2*1-2/h3-4,7-8,14-15H,1,5-6,9-10H2,2H3;2*1-2H3/b11-4+;;. The highest BCUT2D eigenvalue weighted by molar-refractivity contribution is 5.47. The topological polar surface area (TPSA) is 12.0 Å². The van der Waals surface area contributed by atoms with Crippen LogP contribution >= 0.6 is 0 Å². The van der Waals surface area contributed by atoms with Crippen LogP contribution in [0.15, 0.2) is 47.6 Å². The van der Waals surface area contributed by atoms with E-state index in [9.17, 15) is 0 Å². The molecule has 1 aliphatic heterocycles. The maximum absolute atomic E-state index is 3.89. The average Bonchev–Trinajstić information content (AvgIpc) is 2.53. The number of hydrogen-bond acceptors (Lipinski definition) is 1. The number of fused-ring (bicyclic) bond motifs is 1. The summed E-state index contributed by atoms with van der Waals surface area (Å²) in [6.45, 7) is 15.1. The average molecular weight is 261 g/mol. The molecular weight excluding hydrogens is 230 g/mol. The van der Waals surface area contributed by atoms with Gasteiger partial charge in [-0.05, 0) is 42.9 Å². The lowest BCUT2D eigenvalue weighted by Gasteiger charge is -2.32. The van der Waals surface area contributed by atoms with Crippen molar-refractivity contribution in [1.82, 2.24) is 5.32 Å². The summed E-state index contributed by atoms with van der Waals surface area (Å²) in [5, 5.41) is 3.57. The first kappa shape index (κ1) is 17.9. The third kappa shape index (κ3) is 4.83. The van der Waals surface area contributed by atoms with E-state index in [1.165, 1.54) is 30.4 Å². The third-order valence-corrected chi connectivity index (χ3v) is 3.25. The van der Waals surface area contributed by atoms with Gasteiger partial charge in [0.15, 0.2) is 0 Å². The van der Waals surface area contributed by atoms with Crippen molar-refractivity contribution < 1.29 is 0 Å². The van der Waals surface area contributed by atoms with Gasteiger partial charge in [0.05, 0.1) is 6.04 Å². The zero-order valence-corrected chi connectivity index (χ0v) is 13.4. The Morgan fingerprint density at radius 1 is 1.21 bits per heavy atom. The molecule has 0 bridgehead atoms. The molecule has 1 heteroatoms. The maximum Gasteiger partial charge on any atom is 0.0572 e. The molecule has 1 nitrogen and oxygen atoms in total. The van der Waals surface area contributed by atoms with Gasteiger partial charge in [0, 0.05) is 6.54 Å². The SMILES string of the molecule is C=C/C(=C\C)C1NCCC2=CCCC=C21.CC.CC. The van der Waals surface area contributed by atoms with Crippen LogP contribution in [0.4, 0.5) is 0 Å². The predicted octanol–water partition coefficient (Wildman–Crippen LogP) is 5.18. The molecule has 108 valence electrons. The summed E-state index contributed by atoms with van der Waals surface area (Å²) in [7, 11) is 0. The Morgan fingerprint density at radius 2 is 1.84 bits per heavy atom. The monoisotopic (exact) mass is 261 g/mol. The lowest BCUT2D eigenvalue weighted by Crippen LogP contribution is -2.38. The molecule has 0 saturated carbocycles. The van der Waals surface area contributed by atoms with Crippen molar-refractivity contribution >= 4 is 0 Å². The fourth-order valence-corrected chi connectivity index (χ4v) is 2.46. The summed E-state index contributed by atoms with van der Waals surface area (Å²) >= 11 is 0. The lowest BCUT2D eigenvalue weighted by atomic mass is 9.83. The van der Waals surface area contributed by atoms with E-state index in [4.69, 9.17) is 0 Å². The van der Waals surface area contributed by atoms with E-state index in [0.717, 1.165) is 6.54 Å². The van der Waals surface area contributed by atoms with E-state index in [1.54, 1.807) is 5.57 Å². The summed E-state index contributed by atoms with van der Waals surface area (Å²) in [5.74, 6) is 0. The highest BCUT2D eigenvalue weighted by Gasteiger charge is 2.24. The van der Waals surface area contributed by atoms with Gasteiger partial charge in [-0.3, -0.25) is 0 Å². The second kappa shape index (κ2) is 10.8. The molecule has 0 aromatic carbocycles. The van der Waals surface area contributed by atoms with Crippen LogP contribution in [0.3, 0.4) is 0 Å². The highest BCUT2D eigenvalue weighted by Crippen LogP contribution is 2.30. The van der Waals surface area contributed by atoms with Crippen molar-refractivity contribution in [2.75, 3.05) is 6.54 Å². The number of piperidine rings is 1. The second-order valence-electron chi connectivity index (χ2n) is 4.10. The largest absolute Gasteiger partial charge is 0.306 e. The van der Waals surface area contributed by atoms with Crippen LogP contribution in [0.25, 0.3) is 0 Å². The van der Waals surface area contributed by atoms with Crippen LogP contribution in [-0.2, 0) is 0 Å². The molecule has 0 aromatic rings. The smallest absolute Gasteiger partial charge is 0.0572 e. The second-order valence-corrected chi connectivity index (χ2v) is 4.10. The van der Waals surface area contributed by atoms with Crippen LogP contribution in [0.2, 0.25) is 0 Å². The Bertz CT molecular complexity index is 345. The lowest BCUT2D eigenvalue weighted by molar-refractivity contribution is 0.586. The van der Waals surface area contributed by atoms with Crippen molar-refractivity contribution in [3.05, 3.63) is 47.6 Å². The van der Waals surface area contributed by atoms with Crippen LogP contribution in [0.1, 0.15) is 53.9 Å². The van der Waals surface area contributed by atoms with Gasteiger partial charge in [0.2, 0.25) is 0 Å². The number of allylic oxidation sites excluding steroid dienone is 3. The normalized spacial score (nSPS) is 21.5. The molecule has 1 N–H and O–H groups in total. The van der Waals surface area contributed by atoms with Gasteiger partial charge < -0.3 is 5.32 Å². The molecule has 1 aliphatic carbocycles. The predicted molar refractivity (Wildman–Crippen MR) is 88.5 cm³/mol. The minimum atomic E-state index is 0.382. The fraction of sp³-hybridized carbons (Fsp3) is 0.556.